The Balaban J connectivity index is 1.43. The molecule has 1 aliphatic rings. The van der Waals surface area contributed by atoms with E-state index in [4.69, 9.17) is 14.4 Å². The van der Waals surface area contributed by atoms with E-state index in [0.717, 1.165) is 45.1 Å². The van der Waals surface area contributed by atoms with Gasteiger partial charge in [0.15, 0.2) is 0 Å². The second-order valence-electron chi connectivity index (χ2n) is 11.1. The first-order chi connectivity index (χ1) is 17.4. The Morgan fingerprint density at radius 3 is 2.19 bits per heavy atom. The third kappa shape index (κ3) is 3.91. The maximum atomic E-state index is 6.44. The van der Waals surface area contributed by atoms with E-state index in [2.05, 4.69) is 95.4 Å². The summed E-state index contributed by atoms with van der Waals surface area (Å²) in [5, 5.41) is 2.13. The Labute approximate surface area is 213 Å². The number of aromatic nitrogens is 2. The van der Waals surface area contributed by atoms with Crippen molar-refractivity contribution in [3.8, 4) is 22.5 Å². The first kappa shape index (κ1) is 23.0. The lowest BCUT2D eigenvalue weighted by Crippen LogP contribution is -2.19. The molecule has 0 bridgehead atoms. The topological polar surface area (TPSA) is 38.9 Å². The molecule has 0 spiro atoms. The van der Waals surface area contributed by atoms with Gasteiger partial charge in [-0.1, -0.05) is 44.2 Å². The average molecular weight is 475 g/mol. The molecule has 3 aromatic heterocycles. The van der Waals surface area contributed by atoms with Crippen molar-refractivity contribution in [1.82, 2.24) is 9.97 Å². The zero-order valence-electron chi connectivity index (χ0n) is 21.9. The molecule has 2 atom stereocenters. The fourth-order valence-corrected chi connectivity index (χ4v) is 6.58. The molecule has 0 aliphatic heterocycles. The van der Waals surface area contributed by atoms with Crippen LogP contribution in [0.1, 0.15) is 61.3 Å². The number of nitrogens with zero attached hydrogens (tertiary/aromatic N) is 2. The van der Waals surface area contributed by atoms with E-state index in [0.29, 0.717) is 11.6 Å². The van der Waals surface area contributed by atoms with Crippen LogP contribution in [-0.2, 0) is 0 Å². The summed E-state index contributed by atoms with van der Waals surface area (Å²) < 4.78 is 6.44. The number of aryl methyl sites for hydroxylation is 3. The normalized spacial score (nSPS) is 20.3. The second-order valence-corrected chi connectivity index (χ2v) is 11.1. The van der Waals surface area contributed by atoms with E-state index in [1.54, 1.807) is 0 Å². The lowest BCUT2D eigenvalue weighted by Gasteiger charge is -2.32. The lowest BCUT2D eigenvalue weighted by atomic mass is 9.73. The van der Waals surface area contributed by atoms with Crippen LogP contribution in [0.4, 0.5) is 0 Å². The number of hydrogen-bond acceptors (Lipinski definition) is 3. The van der Waals surface area contributed by atoms with Crippen molar-refractivity contribution in [3.63, 3.8) is 0 Å². The Bertz CT molecular complexity index is 1560. The van der Waals surface area contributed by atoms with Gasteiger partial charge in [0.05, 0.1) is 11.4 Å². The Morgan fingerprint density at radius 1 is 0.750 bits per heavy atom. The summed E-state index contributed by atoms with van der Waals surface area (Å²) in [7, 11) is 0. The van der Waals surface area contributed by atoms with Crippen LogP contribution >= 0.6 is 0 Å². The van der Waals surface area contributed by atoms with Gasteiger partial charge < -0.3 is 4.42 Å². The minimum Gasteiger partial charge on any atom is -0.437 e. The summed E-state index contributed by atoms with van der Waals surface area (Å²) >= 11 is 0. The number of pyridine rings is 2. The molecule has 2 unspecified atom stereocenters. The lowest BCUT2D eigenvalue weighted by molar-refractivity contribution is 0.267. The molecule has 182 valence electrons. The van der Waals surface area contributed by atoms with Gasteiger partial charge in [0.2, 0.25) is 5.71 Å². The predicted octanol–water partition coefficient (Wildman–Crippen LogP) is 9.17. The Kier molecular flexibility index (Phi) is 5.67. The van der Waals surface area contributed by atoms with Crippen molar-refractivity contribution in [1.29, 1.82) is 0 Å². The molecule has 6 rings (SSSR count). The van der Waals surface area contributed by atoms with Crippen LogP contribution in [0.3, 0.4) is 0 Å². The maximum Gasteiger partial charge on any atom is 0.227 e. The summed E-state index contributed by atoms with van der Waals surface area (Å²) in [5.41, 5.74) is 10.8. The van der Waals surface area contributed by atoms with E-state index in [9.17, 15) is 0 Å². The monoisotopic (exact) mass is 474 g/mol. The number of hydrogen-bond donors (Lipinski definition) is 0. The standard InChI is InChI=1S/C33H34N2O/c1-19-14-20(2)16-24(15-19)28-18-34-30(17-23(28)5)27-11-7-10-25-26-12-13-29(35-33(26)36-32(25)27)31-21(3)8-6-9-22(31)4/h6-13,17-20,24H,14-16H2,1-5H3. The Hall–Kier alpha value is -3.46. The van der Waals surface area contributed by atoms with Gasteiger partial charge in [-0.05, 0) is 104 Å². The third-order valence-corrected chi connectivity index (χ3v) is 8.15. The van der Waals surface area contributed by atoms with Gasteiger partial charge in [-0.2, -0.15) is 0 Å². The summed E-state index contributed by atoms with van der Waals surface area (Å²) in [6.45, 7) is 11.3. The van der Waals surface area contributed by atoms with Crippen molar-refractivity contribution < 1.29 is 4.42 Å². The summed E-state index contributed by atoms with van der Waals surface area (Å²) in [5.74, 6) is 2.17. The third-order valence-electron chi connectivity index (χ3n) is 8.15. The van der Waals surface area contributed by atoms with Gasteiger partial charge in [-0.15, -0.1) is 0 Å². The van der Waals surface area contributed by atoms with Crippen LogP contribution in [-0.4, -0.2) is 9.97 Å². The zero-order chi connectivity index (χ0) is 25.0. The number of furan rings is 1. The Morgan fingerprint density at radius 2 is 1.47 bits per heavy atom. The molecular formula is C33H34N2O. The highest BCUT2D eigenvalue weighted by Gasteiger charge is 2.26. The fourth-order valence-electron chi connectivity index (χ4n) is 6.58. The highest BCUT2D eigenvalue weighted by atomic mass is 16.3. The van der Waals surface area contributed by atoms with E-state index in [1.807, 2.05) is 0 Å². The minimum absolute atomic E-state index is 0.611. The van der Waals surface area contributed by atoms with E-state index in [-0.39, 0.29) is 0 Å². The van der Waals surface area contributed by atoms with Gasteiger partial charge >= 0.3 is 0 Å². The van der Waals surface area contributed by atoms with Crippen LogP contribution in [0, 0.1) is 32.6 Å². The molecular weight excluding hydrogens is 440 g/mol. The quantitative estimate of drug-likeness (QED) is 0.262. The van der Waals surface area contributed by atoms with E-state index >= 15 is 0 Å². The smallest absolute Gasteiger partial charge is 0.227 e. The van der Waals surface area contributed by atoms with E-state index in [1.165, 1.54) is 47.1 Å². The summed E-state index contributed by atoms with van der Waals surface area (Å²) in [6.07, 6.45) is 5.99. The van der Waals surface area contributed by atoms with Crippen LogP contribution in [0.5, 0.6) is 0 Å². The summed E-state index contributed by atoms with van der Waals surface area (Å²) in [6, 6.07) is 19.2. The highest BCUT2D eigenvalue weighted by molar-refractivity contribution is 6.08. The predicted molar refractivity (Wildman–Crippen MR) is 149 cm³/mol. The zero-order valence-corrected chi connectivity index (χ0v) is 21.9. The molecule has 1 saturated carbocycles. The molecule has 0 saturated heterocycles. The van der Waals surface area contributed by atoms with E-state index < -0.39 is 0 Å². The average Bonchev–Trinajstić information content (AvgIpc) is 3.21. The molecule has 3 nitrogen and oxygen atoms in total. The van der Waals surface area contributed by atoms with Gasteiger partial charge in [-0.25, -0.2) is 4.98 Å². The van der Waals surface area contributed by atoms with Gasteiger partial charge in [0.25, 0.3) is 0 Å². The number of fused-ring (bicyclic) bond motifs is 3. The number of para-hydroxylation sites is 1. The molecule has 3 heterocycles. The highest BCUT2D eigenvalue weighted by Crippen LogP contribution is 2.41. The van der Waals surface area contributed by atoms with Crippen molar-refractivity contribution in [2.45, 2.75) is 59.8 Å². The first-order valence-electron chi connectivity index (χ1n) is 13.2. The van der Waals surface area contributed by atoms with Crippen LogP contribution in [0.2, 0.25) is 0 Å². The number of rotatable bonds is 3. The van der Waals surface area contributed by atoms with Crippen molar-refractivity contribution in [2.75, 3.05) is 0 Å². The second kappa shape index (κ2) is 8.89. The molecule has 5 aromatic rings. The SMILES string of the molecule is Cc1cc(-c2cccc3c2oc2nc(-c4c(C)cccc4C)ccc23)ncc1C1CC(C)CC(C)C1. The molecule has 0 N–H and O–H groups in total. The largest absolute Gasteiger partial charge is 0.437 e. The summed E-state index contributed by atoms with van der Waals surface area (Å²) in [4.78, 5) is 9.92. The first-order valence-corrected chi connectivity index (χ1v) is 13.2. The van der Waals surface area contributed by atoms with Crippen LogP contribution in [0.25, 0.3) is 44.6 Å². The van der Waals surface area contributed by atoms with Crippen LogP contribution < -0.4 is 0 Å². The molecule has 36 heavy (non-hydrogen) atoms. The molecule has 0 amide bonds. The van der Waals surface area contributed by atoms with Gasteiger partial charge in [-0.3, -0.25) is 4.98 Å². The van der Waals surface area contributed by atoms with Gasteiger partial charge in [0, 0.05) is 28.1 Å². The van der Waals surface area contributed by atoms with Crippen molar-refractivity contribution >= 4 is 22.1 Å². The van der Waals surface area contributed by atoms with Crippen molar-refractivity contribution in [3.05, 3.63) is 83.0 Å². The molecule has 1 aliphatic carbocycles. The van der Waals surface area contributed by atoms with Gasteiger partial charge in [0.1, 0.15) is 5.58 Å². The molecule has 2 aromatic carbocycles. The minimum atomic E-state index is 0.611. The van der Waals surface area contributed by atoms with Crippen LogP contribution in [0.15, 0.2) is 65.2 Å². The molecule has 1 fully saturated rings. The molecule has 0 radical (unpaired) electrons. The number of benzene rings is 2. The fraction of sp³-hybridized carbons (Fsp3) is 0.333. The molecule has 3 heteroatoms. The maximum absolute atomic E-state index is 6.44. The van der Waals surface area contributed by atoms with Crippen molar-refractivity contribution in [2.24, 2.45) is 11.8 Å².